The number of hydrogen-bond acceptors (Lipinski definition) is 6. The van der Waals surface area contributed by atoms with E-state index in [2.05, 4.69) is 46.0 Å². The fraction of sp³-hybridized carbons (Fsp3) is 0.429. The van der Waals surface area contributed by atoms with E-state index in [0.29, 0.717) is 17.4 Å². The van der Waals surface area contributed by atoms with Gasteiger partial charge < -0.3 is 10.1 Å². The summed E-state index contributed by atoms with van der Waals surface area (Å²) in [6.45, 7) is 6.33. The van der Waals surface area contributed by atoms with Crippen molar-refractivity contribution in [3.8, 4) is 17.4 Å². The van der Waals surface area contributed by atoms with E-state index in [4.69, 9.17) is 4.74 Å². The number of nitrogens with one attached hydrogen (secondary N) is 1. The predicted molar refractivity (Wildman–Crippen MR) is 77.9 cm³/mol. The highest BCUT2D eigenvalue weighted by molar-refractivity contribution is 5.54. The Morgan fingerprint density at radius 2 is 1.85 bits per heavy atom. The molecule has 0 saturated heterocycles. The molecule has 0 fully saturated rings. The molecule has 0 aliphatic carbocycles. The van der Waals surface area contributed by atoms with Gasteiger partial charge in [0.1, 0.15) is 17.8 Å². The van der Waals surface area contributed by atoms with Crippen molar-refractivity contribution in [2.75, 3.05) is 19.5 Å². The van der Waals surface area contributed by atoms with Crippen LogP contribution in [0.15, 0.2) is 18.5 Å². The third-order valence-electron chi connectivity index (χ3n) is 2.83. The van der Waals surface area contributed by atoms with E-state index < -0.39 is 0 Å². The molecule has 0 aliphatic heterocycles. The smallest absolute Gasteiger partial charge is 0.216 e. The van der Waals surface area contributed by atoms with Crippen LogP contribution in [0.5, 0.6) is 5.88 Å². The number of rotatable bonds is 3. The fourth-order valence-electron chi connectivity index (χ4n) is 1.65. The van der Waals surface area contributed by atoms with E-state index in [1.54, 1.807) is 13.2 Å². The first-order chi connectivity index (χ1) is 9.44. The molecule has 2 rings (SSSR count). The minimum absolute atomic E-state index is 0.0690. The van der Waals surface area contributed by atoms with Crippen molar-refractivity contribution in [2.24, 2.45) is 0 Å². The molecule has 0 aliphatic rings. The van der Waals surface area contributed by atoms with Crippen molar-refractivity contribution < 1.29 is 4.74 Å². The molecule has 0 unspecified atom stereocenters. The Balaban J connectivity index is 2.55. The van der Waals surface area contributed by atoms with Gasteiger partial charge in [-0.1, -0.05) is 20.8 Å². The van der Waals surface area contributed by atoms with Gasteiger partial charge in [-0.25, -0.2) is 19.9 Å². The Morgan fingerprint density at radius 1 is 1.10 bits per heavy atom. The molecule has 2 heterocycles. The summed E-state index contributed by atoms with van der Waals surface area (Å²) in [5.74, 6) is 1.81. The molecule has 0 atom stereocenters. The standard InChI is InChI=1S/C14H19N5O/c1-14(2,3)10-7-11(15-4)19-13(18-10)9-6-12(20-5)17-8-16-9/h6-8H,1-5H3,(H,15,18,19). The lowest BCUT2D eigenvalue weighted by Crippen LogP contribution is -2.15. The van der Waals surface area contributed by atoms with Crippen LogP contribution in [0.3, 0.4) is 0 Å². The second-order valence-corrected chi connectivity index (χ2v) is 5.41. The lowest BCUT2D eigenvalue weighted by molar-refractivity contribution is 0.397. The Labute approximate surface area is 118 Å². The number of methoxy groups -OCH3 is 1. The SMILES string of the molecule is CNc1cc(C(C)(C)C)nc(-c2cc(OC)ncn2)n1. The molecule has 20 heavy (non-hydrogen) atoms. The summed E-state index contributed by atoms with van der Waals surface area (Å²) in [7, 11) is 3.40. The van der Waals surface area contributed by atoms with E-state index in [9.17, 15) is 0 Å². The first-order valence-electron chi connectivity index (χ1n) is 6.38. The molecule has 0 radical (unpaired) electrons. The molecule has 6 nitrogen and oxygen atoms in total. The van der Waals surface area contributed by atoms with Crippen molar-refractivity contribution in [2.45, 2.75) is 26.2 Å². The van der Waals surface area contributed by atoms with Crippen LogP contribution in [0, 0.1) is 0 Å². The predicted octanol–water partition coefficient (Wildman–Crippen LogP) is 2.28. The van der Waals surface area contributed by atoms with Crippen LogP contribution in [0.25, 0.3) is 11.5 Å². The van der Waals surface area contributed by atoms with Crippen molar-refractivity contribution >= 4 is 5.82 Å². The third-order valence-corrected chi connectivity index (χ3v) is 2.83. The highest BCUT2D eigenvalue weighted by Gasteiger charge is 2.19. The number of hydrogen-bond donors (Lipinski definition) is 1. The molecular formula is C14H19N5O. The van der Waals surface area contributed by atoms with E-state index in [1.807, 2.05) is 13.1 Å². The van der Waals surface area contributed by atoms with E-state index in [1.165, 1.54) is 6.33 Å². The average Bonchev–Trinajstić information content (AvgIpc) is 2.46. The second-order valence-electron chi connectivity index (χ2n) is 5.41. The molecule has 2 aromatic rings. The van der Waals surface area contributed by atoms with Gasteiger partial charge in [0.2, 0.25) is 5.88 Å². The summed E-state index contributed by atoms with van der Waals surface area (Å²) >= 11 is 0. The van der Waals surface area contributed by atoms with Crippen LogP contribution in [0.2, 0.25) is 0 Å². The first-order valence-corrected chi connectivity index (χ1v) is 6.38. The van der Waals surface area contributed by atoms with Gasteiger partial charge in [0.15, 0.2) is 5.82 Å². The van der Waals surface area contributed by atoms with Crippen LogP contribution in [0.4, 0.5) is 5.82 Å². The zero-order valence-electron chi connectivity index (χ0n) is 12.4. The Morgan fingerprint density at radius 3 is 2.45 bits per heavy atom. The van der Waals surface area contributed by atoms with Gasteiger partial charge in [-0.2, -0.15) is 0 Å². The Kier molecular flexibility index (Phi) is 3.83. The van der Waals surface area contributed by atoms with Gasteiger partial charge in [-0.15, -0.1) is 0 Å². The largest absolute Gasteiger partial charge is 0.481 e. The number of nitrogens with zero attached hydrogens (tertiary/aromatic N) is 4. The first kappa shape index (κ1) is 14.2. The molecule has 0 amide bonds. The number of ether oxygens (including phenoxy) is 1. The molecular weight excluding hydrogens is 254 g/mol. The third kappa shape index (κ3) is 3.01. The van der Waals surface area contributed by atoms with Gasteiger partial charge in [0, 0.05) is 24.6 Å². The van der Waals surface area contributed by atoms with Crippen molar-refractivity contribution in [3.63, 3.8) is 0 Å². The molecule has 106 valence electrons. The van der Waals surface area contributed by atoms with Crippen LogP contribution >= 0.6 is 0 Å². The van der Waals surface area contributed by atoms with Gasteiger partial charge in [-0.3, -0.25) is 0 Å². The van der Waals surface area contributed by atoms with E-state index in [-0.39, 0.29) is 5.41 Å². The summed E-state index contributed by atoms with van der Waals surface area (Å²) in [5, 5.41) is 3.05. The number of aromatic nitrogens is 4. The molecule has 1 N–H and O–H groups in total. The van der Waals surface area contributed by atoms with Crippen molar-refractivity contribution in [3.05, 3.63) is 24.2 Å². The molecule has 0 spiro atoms. The number of anilines is 1. The van der Waals surface area contributed by atoms with Gasteiger partial charge >= 0.3 is 0 Å². The summed E-state index contributed by atoms with van der Waals surface area (Å²) in [5.41, 5.74) is 1.52. The molecule has 0 bridgehead atoms. The zero-order chi connectivity index (χ0) is 14.8. The zero-order valence-corrected chi connectivity index (χ0v) is 12.4. The van der Waals surface area contributed by atoms with E-state index in [0.717, 1.165) is 11.5 Å². The molecule has 0 aromatic carbocycles. The summed E-state index contributed by atoms with van der Waals surface area (Å²) in [4.78, 5) is 17.2. The monoisotopic (exact) mass is 273 g/mol. The fourth-order valence-corrected chi connectivity index (χ4v) is 1.65. The van der Waals surface area contributed by atoms with Crippen LogP contribution in [0.1, 0.15) is 26.5 Å². The van der Waals surface area contributed by atoms with Crippen molar-refractivity contribution in [1.29, 1.82) is 0 Å². The lowest BCUT2D eigenvalue weighted by Gasteiger charge is -2.19. The summed E-state index contributed by atoms with van der Waals surface area (Å²) < 4.78 is 5.11. The quantitative estimate of drug-likeness (QED) is 0.925. The van der Waals surface area contributed by atoms with Gasteiger partial charge in [0.05, 0.1) is 12.8 Å². The maximum absolute atomic E-state index is 5.11. The van der Waals surface area contributed by atoms with Gasteiger partial charge in [0.25, 0.3) is 0 Å². The second kappa shape index (κ2) is 5.40. The Hall–Kier alpha value is -2.24. The normalized spacial score (nSPS) is 11.2. The maximum Gasteiger partial charge on any atom is 0.216 e. The van der Waals surface area contributed by atoms with Crippen molar-refractivity contribution in [1.82, 2.24) is 19.9 Å². The van der Waals surface area contributed by atoms with Gasteiger partial charge in [-0.05, 0) is 0 Å². The maximum atomic E-state index is 5.11. The highest BCUT2D eigenvalue weighted by atomic mass is 16.5. The van der Waals surface area contributed by atoms with Crippen LogP contribution < -0.4 is 10.1 Å². The minimum Gasteiger partial charge on any atom is -0.481 e. The topological polar surface area (TPSA) is 72.8 Å². The Bertz CT molecular complexity index is 607. The molecule has 2 aromatic heterocycles. The highest BCUT2D eigenvalue weighted by Crippen LogP contribution is 2.25. The summed E-state index contributed by atoms with van der Waals surface area (Å²) in [6, 6.07) is 3.67. The summed E-state index contributed by atoms with van der Waals surface area (Å²) in [6.07, 6.45) is 1.44. The van der Waals surface area contributed by atoms with Crippen LogP contribution in [-0.2, 0) is 5.41 Å². The van der Waals surface area contributed by atoms with E-state index >= 15 is 0 Å². The lowest BCUT2D eigenvalue weighted by atomic mass is 9.92. The molecule has 6 heteroatoms. The molecule has 0 saturated carbocycles. The van der Waals surface area contributed by atoms with Crippen LogP contribution in [-0.4, -0.2) is 34.1 Å². The minimum atomic E-state index is -0.0690. The average molecular weight is 273 g/mol.